The Labute approximate surface area is 120 Å². The van der Waals surface area contributed by atoms with Crippen LogP contribution in [0.25, 0.3) is 0 Å². The van der Waals surface area contributed by atoms with Crippen molar-refractivity contribution in [3.63, 3.8) is 0 Å². The lowest BCUT2D eigenvalue weighted by Gasteiger charge is -2.14. The van der Waals surface area contributed by atoms with E-state index < -0.39 is 0 Å². The monoisotopic (exact) mass is 271 g/mol. The van der Waals surface area contributed by atoms with Crippen LogP contribution in [0.4, 0.5) is 0 Å². The number of rotatable bonds is 6. The Balaban J connectivity index is 2.12. The first-order valence-electron chi connectivity index (χ1n) is 6.99. The lowest BCUT2D eigenvalue weighted by molar-refractivity contribution is 0.454. The van der Waals surface area contributed by atoms with Crippen molar-refractivity contribution in [1.82, 2.24) is 15.3 Å². The number of aryl methyl sites for hydroxylation is 1. The summed E-state index contributed by atoms with van der Waals surface area (Å²) in [7, 11) is 0. The molecule has 106 valence electrons. The van der Waals surface area contributed by atoms with E-state index in [0.29, 0.717) is 5.88 Å². The Morgan fingerprint density at radius 2 is 2.10 bits per heavy atom. The molecular formula is C16H21N3O. The van der Waals surface area contributed by atoms with Crippen LogP contribution in [0.5, 0.6) is 11.6 Å². The molecule has 2 aromatic heterocycles. The van der Waals surface area contributed by atoms with Gasteiger partial charge < -0.3 is 10.1 Å². The zero-order chi connectivity index (χ0) is 14.4. The Hall–Kier alpha value is -1.94. The molecule has 0 aromatic carbocycles. The number of nitrogens with one attached hydrogen (secondary N) is 1. The summed E-state index contributed by atoms with van der Waals surface area (Å²) < 4.78 is 5.80. The van der Waals surface area contributed by atoms with Crippen molar-refractivity contribution < 1.29 is 4.74 Å². The Bertz CT molecular complexity index is 557. The lowest BCUT2D eigenvalue weighted by Crippen LogP contribution is -2.19. The molecule has 0 fully saturated rings. The standard InChI is InChI=1S/C16H21N3O/c1-4-8-17-12(2)14-7-10-19-16(11-14)20-15-6-5-9-18-13(15)3/h5-7,9-12,17H,4,8H2,1-3H3. The molecule has 4 nitrogen and oxygen atoms in total. The third kappa shape index (κ3) is 3.78. The van der Waals surface area contributed by atoms with Crippen molar-refractivity contribution in [3.8, 4) is 11.6 Å². The molecule has 0 spiro atoms. The minimum atomic E-state index is 0.287. The summed E-state index contributed by atoms with van der Waals surface area (Å²) in [5.74, 6) is 1.34. The number of aromatic nitrogens is 2. The quantitative estimate of drug-likeness (QED) is 0.871. The van der Waals surface area contributed by atoms with E-state index in [1.807, 2.05) is 31.2 Å². The molecule has 0 aliphatic carbocycles. The fraction of sp³-hybridized carbons (Fsp3) is 0.375. The van der Waals surface area contributed by atoms with Crippen LogP contribution in [-0.2, 0) is 0 Å². The van der Waals surface area contributed by atoms with Gasteiger partial charge in [-0.1, -0.05) is 6.92 Å². The van der Waals surface area contributed by atoms with Crippen LogP contribution in [0.15, 0.2) is 36.7 Å². The van der Waals surface area contributed by atoms with Gasteiger partial charge in [-0.25, -0.2) is 4.98 Å². The first-order chi connectivity index (χ1) is 9.70. The molecule has 0 saturated carbocycles. The van der Waals surface area contributed by atoms with Crippen molar-refractivity contribution in [3.05, 3.63) is 47.9 Å². The molecule has 4 heteroatoms. The molecule has 0 amide bonds. The average molecular weight is 271 g/mol. The highest BCUT2D eigenvalue weighted by Crippen LogP contribution is 2.23. The van der Waals surface area contributed by atoms with Gasteiger partial charge in [0.1, 0.15) is 0 Å². The van der Waals surface area contributed by atoms with E-state index in [1.165, 1.54) is 5.56 Å². The van der Waals surface area contributed by atoms with Gasteiger partial charge in [0.15, 0.2) is 5.75 Å². The van der Waals surface area contributed by atoms with E-state index in [4.69, 9.17) is 4.74 Å². The van der Waals surface area contributed by atoms with Crippen LogP contribution >= 0.6 is 0 Å². The number of pyridine rings is 2. The highest BCUT2D eigenvalue weighted by atomic mass is 16.5. The minimum Gasteiger partial charge on any atom is -0.437 e. The number of ether oxygens (including phenoxy) is 1. The van der Waals surface area contributed by atoms with Crippen LogP contribution < -0.4 is 10.1 Å². The molecule has 0 aliphatic rings. The number of nitrogens with zero attached hydrogens (tertiary/aromatic N) is 2. The maximum absolute atomic E-state index is 5.80. The molecule has 1 unspecified atom stereocenters. The molecule has 0 aliphatic heterocycles. The number of hydrogen-bond donors (Lipinski definition) is 1. The normalized spacial score (nSPS) is 12.2. The molecule has 2 aromatic rings. The highest BCUT2D eigenvalue weighted by molar-refractivity contribution is 5.32. The summed E-state index contributed by atoms with van der Waals surface area (Å²) in [6, 6.07) is 8.03. The topological polar surface area (TPSA) is 47.0 Å². The van der Waals surface area contributed by atoms with Crippen LogP contribution in [0.1, 0.15) is 37.6 Å². The smallest absolute Gasteiger partial charge is 0.219 e. The van der Waals surface area contributed by atoms with Gasteiger partial charge in [-0.05, 0) is 50.6 Å². The lowest BCUT2D eigenvalue weighted by atomic mass is 10.1. The minimum absolute atomic E-state index is 0.287. The van der Waals surface area contributed by atoms with Crippen LogP contribution in [-0.4, -0.2) is 16.5 Å². The molecule has 1 N–H and O–H groups in total. The third-order valence-electron chi connectivity index (χ3n) is 3.13. The summed E-state index contributed by atoms with van der Waals surface area (Å²) in [6.07, 6.45) is 4.65. The highest BCUT2D eigenvalue weighted by Gasteiger charge is 2.08. The average Bonchev–Trinajstić information content (AvgIpc) is 2.47. The van der Waals surface area contributed by atoms with Crippen LogP contribution in [0.3, 0.4) is 0 Å². The maximum atomic E-state index is 5.80. The Morgan fingerprint density at radius 3 is 2.85 bits per heavy atom. The van der Waals surface area contributed by atoms with Crippen LogP contribution in [0.2, 0.25) is 0 Å². The maximum Gasteiger partial charge on any atom is 0.219 e. The molecule has 2 rings (SSSR count). The van der Waals surface area contributed by atoms with E-state index in [-0.39, 0.29) is 6.04 Å². The fourth-order valence-electron chi connectivity index (χ4n) is 1.92. The van der Waals surface area contributed by atoms with Gasteiger partial charge in [0, 0.05) is 24.5 Å². The van der Waals surface area contributed by atoms with E-state index in [2.05, 4.69) is 29.1 Å². The van der Waals surface area contributed by atoms with Gasteiger partial charge in [0.05, 0.1) is 5.69 Å². The first-order valence-corrected chi connectivity index (χ1v) is 6.99. The molecule has 2 heterocycles. The fourth-order valence-corrected chi connectivity index (χ4v) is 1.92. The van der Waals surface area contributed by atoms with Gasteiger partial charge >= 0.3 is 0 Å². The second-order valence-electron chi connectivity index (χ2n) is 4.79. The summed E-state index contributed by atoms with van der Waals surface area (Å²) in [5, 5.41) is 3.46. The molecule has 1 atom stereocenters. The van der Waals surface area contributed by atoms with Gasteiger partial charge in [-0.3, -0.25) is 4.98 Å². The SMILES string of the molecule is CCCNC(C)c1ccnc(Oc2cccnc2C)c1. The third-order valence-corrected chi connectivity index (χ3v) is 3.13. The molecule has 0 radical (unpaired) electrons. The van der Waals surface area contributed by atoms with Gasteiger partial charge in [0.2, 0.25) is 5.88 Å². The second-order valence-corrected chi connectivity index (χ2v) is 4.79. The molecule has 0 saturated heterocycles. The van der Waals surface area contributed by atoms with E-state index >= 15 is 0 Å². The van der Waals surface area contributed by atoms with Crippen molar-refractivity contribution in [1.29, 1.82) is 0 Å². The van der Waals surface area contributed by atoms with E-state index in [9.17, 15) is 0 Å². The summed E-state index contributed by atoms with van der Waals surface area (Å²) in [5.41, 5.74) is 2.03. The number of hydrogen-bond acceptors (Lipinski definition) is 4. The molecule has 20 heavy (non-hydrogen) atoms. The summed E-state index contributed by atoms with van der Waals surface area (Å²) in [6.45, 7) is 7.22. The zero-order valence-electron chi connectivity index (χ0n) is 12.3. The van der Waals surface area contributed by atoms with Crippen LogP contribution in [0, 0.1) is 6.92 Å². The summed E-state index contributed by atoms with van der Waals surface area (Å²) in [4.78, 5) is 8.47. The van der Waals surface area contributed by atoms with Crippen molar-refractivity contribution in [2.24, 2.45) is 0 Å². The Morgan fingerprint density at radius 1 is 1.25 bits per heavy atom. The predicted molar refractivity (Wildman–Crippen MR) is 80.0 cm³/mol. The van der Waals surface area contributed by atoms with E-state index in [0.717, 1.165) is 24.4 Å². The van der Waals surface area contributed by atoms with Gasteiger partial charge in [-0.2, -0.15) is 0 Å². The molecular weight excluding hydrogens is 250 g/mol. The predicted octanol–water partition coefficient (Wildman–Crippen LogP) is 3.64. The van der Waals surface area contributed by atoms with E-state index in [1.54, 1.807) is 12.4 Å². The largest absolute Gasteiger partial charge is 0.437 e. The van der Waals surface area contributed by atoms with Gasteiger partial charge in [0.25, 0.3) is 0 Å². The van der Waals surface area contributed by atoms with Crippen molar-refractivity contribution >= 4 is 0 Å². The second kappa shape index (κ2) is 7.01. The molecule has 0 bridgehead atoms. The van der Waals surface area contributed by atoms with Crippen molar-refractivity contribution in [2.45, 2.75) is 33.2 Å². The zero-order valence-corrected chi connectivity index (χ0v) is 12.3. The Kier molecular flexibility index (Phi) is 5.07. The summed E-state index contributed by atoms with van der Waals surface area (Å²) >= 11 is 0. The first kappa shape index (κ1) is 14.5. The van der Waals surface area contributed by atoms with Crippen molar-refractivity contribution in [2.75, 3.05) is 6.54 Å². The van der Waals surface area contributed by atoms with Gasteiger partial charge in [-0.15, -0.1) is 0 Å².